The van der Waals surface area contributed by atoms with Crippen molar-refractivity contribution in [1.82, 2.24) is 5.43 Å². The molecule has 180 valence electrons. The highest BCUT2D eigenvalue weighted by atomic mass is 79.9. The number of furan rings is 1. The van der Waals surface area contributed by atoms with Gasteiger partial charge in [-0.1, -0.05) is 45.7 Å². The van der Waals surface area contributed by atoms with Crippen molar-refractivity contribution in [2.45, 2.75) is 13.5 Å². The van der Waals surface area contributed by atoms with Gasteiger partial charge >= 0.3 is 5.91 Å². The van der Waals surface area contributed by atoms with Gasteiger partial charge in [0.15, 0.2) is 17.3 Å². The average Bonchev–Trinajstić information content (AvgIpc) is 3.25. The van der Waals surface area contributed by atoms with Gasteiger partial charge in [-0.3, -0.25) is 4.79 Å². The van der Waals surface area contributed by atoms with E-state index in [9.17, 15) is 4.79 Å². The molecule has 6 nitrogen and oxygen atoms in total. The molecule has 0 aliphatic heterocycles. The zero-order valence-electron chi connectivity index (χ0n) is 18.3. The number of carbonyl (C=O) groups is 1. The van der Waals surface area contributed by atoms with Crippen LogP contribution in [0.4, 0.5) is 0 Å². The van der Waals surface area contributed by atoms with E-state index in [0.717, 1.165) is 19.9 Å². The number of ether oxygens (including phenoxy) is 2. The Bertz CT molecular complexity index is 1420. The van der Waals surface area contributed by atoms with Crippen molar-refractivity contribution in [3.8, 4) is 11.5 Å². The normalized spacial score (nSPS) is 11.2. The molecular weight excluding hydrogens is 667 g/mol. The van der Waals surface area contributed by atoms with Gasteiger partial charge in [0.2, 0.25) is 0 Å². The van der Waals surface area contributed by atoms with Crippen molar-refractivity contribution < 1.29 is 18.7 Å². The summed E-state index contributed by atoms with van der Waals surface area (Å²) in [6.07, 6.45) is 1.51. The van der Waals surface area contributed by atoms with Gasteiger partial charge in [-0.15, -0.1) is 0 Å². The molecule has 3 aromatic carbocycles. The number of hydrogen-bond acceptors (Lipinski definition) is 5. The number of hydrogen-bond donors (Lipinski definition) is 1. The number of halogens is 4. The molecule has 1 heterocycles. The molecule has 1 N–H and O–H groups in total. The Kier molecular flexibility index (Phi) is 8.54. The summed E-state index contributed by atoms with van der Waals surface area (Å²) in [7, 11) is 0. The summed E-state index contributed by atoms with van der Waals surface area (Å²) in [4.78, 5) is 12.5. The molecular formula is C25H18Br3ClN2O4. The van der Waals surface area contributed by atoms with Crippen LogP contribution in [0.15, 0.2) is 77.5 Å². The highest BCUT2D eigenvalue weighted by Crippen LogP contribution is 2.34. The smallest absolute Gasteiger partial charge is 0.307 e. The van der Waals surface area contributed by atoms with Crippen molar-refractivity contribution in [1.29, 1.82) is 0 Å². The van der Waals surface area contributed by atoms with Gasteiger partial charge < -0.3 is 13.9 Å². The number of nitrogens with zero attached hydrogens (tertiary/aromatic N) is 1. The summed E-state index contributed by atoms with van der Waals surface area (Å²) in [6.45, 7) is 2.63. The second kappa shape index (κ2) is 11.6. The van der Waals surface area contributed by atoms with Crippen molar-refractivity contribution in [2.75, 3.05) is 6.61 Å². The number of hydrazone groups is 1. The van der Waals surface area contributed by atoms with Gasteiger partial charge in [0.05, 0.1) is 17.3 Å². The summed E-state index contributed by atoms with van der Waals surface area (Å²) in [5.74, 6) is 0.775. The molecule has 0 atom stereocenters. The van der Waals surface area contributed by atoms with Crippen LogP contribution in [0.5, 0.6) is 11.5 Å². The van der Waals surface area contributed by atoms with Crippen LogP contribution < -0.4 is 14.9 Å². The third-order valence-electron chi connectivity index (χ3n) is 4.83. The zero-order valence-corrected chi connectivity index (χ0v) is 23.8. The van der Waals surface area contributed by atoms with E-state index in [-0.39, 0.29) is 5.76 Å². The minimum atomic E-state index is -0.471. The number of fused-ring (bicyclic) bond motifs is 1. The van der Waals surface area contributed by atoms with Crippen molar-refractivity contribution in [3.05, 3.63) is 89.9 Å². The standard InChI is InChI=1S/C25H18Br3ClN2O4/c1-2-33-21-9-16(18(27)11-22(21)34-13-14-5-3-4-6-20(14)29)12-30-31-25(32)23-8-15-7-17(26)10-19(28)24(15)35-23/h3-12H,2,13H2,1H3,(H,31,32)/b30-12-. The minimum Gasteiger partial charge on any atom is -0.490 e. The summed E-state index contributed by atoms with van der Waals surface area (Å²) >= 11 is 16.6. The highest BCUT2D eigenvalue weighted by molar-refractivity contribution is 9.11. The Morgan fingerprint density at radius 1 is 1.06 bits per heavy atom. The lowest BCUT2D eigenvalue weighted by Gasteiger charge is -2.14. The third kappa shape index (κ3) is 6.27. The summed E-state index contributed by atoms with van der Waals surface area (Å²) in [6, 6.07) is 16.4. The molecule has 0 spiro atoms. The molecule has 0 bridgehead atoms. The Hall–Kier alpha value is -2.33. The van der Waals surface area contributed by atoms with Gasteiger partial charge in [0.1, 0.15) is 12.2 Å². The maximum Gasteiger partial charge on any atom is 0.307 e. The molecule has 0 saturated carbocycles. The highest BCUT2D eigenvalue weighted by Gasteiger charge is 2.15. The van der Waals surface area contributed by atoms with E-state index < -0.39 is 5.91 Å². The molecule has 1 aromatic heterocycles. The number of rotatable bonds is 8. The van der Waals surface area contributed by atoms with E-state index in [1.165, 1.54) is 6.21 Å². The first-order chi connectivity index (χ1) is 16.9. The summed E-state index contributed by atoms with van der Waals surface area (Å²) < 4.78 is 19.7. The lowest BCUT2D eigenvalue weighted by Crippen LogP contribution is -2.16. The minimum absolute atomic E-state index is 0.147. The molecule has 1 amide bonds. The molecule has 0 saturated heterocycles. The van der Waals surface area contributed by atoms with E-state index >= 15 is 0 Å². The molecule has 0 unspecified atom stereocenters. The van der Waals surface area contributed by atoms with Crippen LogP contribution in [0.3, 0.4) is 0 Å². The van der Waals surface area contributed by atoms with Crippen molar-refractivity contribution in [2.24, 2.45) is 5.10 Å². The molecule has 0 aliphatic carbocycles. The van der Waals surface area contributed by atoms with Crippen LogP contribution in [0.1, 0.15) is 28.6 Å². The third-order valence-corrected chi connectivity index (χ3v) is 6.94. The zero-order chi connectivity index (χ0) is 24.9. The van der Waals surface area contributed by atoms with Crippen LogP contribution in [0.25, 0.3) is 11.0 Å². The fraction of sp³-hybridized carbons (Fsp3) is 0.120. The number of carbonyl (C=O) groups excluding carboxylic acids is 1. The number of nitrogens with one attached hydrogen (secondary N) is 1. The maximum absolute atomic E-state index is 12.5. The first-order valence-electron chi connectivity index (χ1n) is 10.4. The van der Waals surface area contributed by atoms with Gasteiger partial charge in [-0.05, 0) is 75.2 Å². The SMILES string of the molecule is CCOc1cc(/C=N\NC(=O)c2cc3cc(Br)cc(Br)c3o2)c(Br)cc1OCc1ccccc1Cl. The molecule has 10 heteroatoms. The number of benzene rings is 3. The molecule has 4 aromatic rings. The second-order valence-electron chi connectivity index (χ2n) is 7.25. The fourth-order valence-corrected chi connectivity index (χ4v) is 5.16. The predicted octanol–water partition coefficient (Wildman–Crippen LogP) is 8.12. The topological polar surface area (TPSA) is 73.1 Å². The lowest BCUT2D eigenvalue weighted by atomic mass is 10.2. The van der Waals surface area contributed by atoms with Gasteiger partial charge in [-0.25, -0.2) is 5.43 Å². The number of amides is 1. The van der Waals surface area contributed by atoms with Crippen molar-refractivity contribution in [3.63, 3.8) is 0 Å². The Morgan fingerprint density at radius 3 is 2.60 bits per heavy atom. The largest absolute Gasteiger partial charge is 0.490 e. The average molecular weight is 686 g/mol. The molecule has 35 heavy (non-hydrogen) atoms. The molecule has 4 rings (SSSR count). The Balaban J connectivity index is 1.49. The first kappa shape index (κ1) is 25.8. The van der Waals surface area contributed by atoms with Crippen LogP contribution >= 0.6 is 59.4 Å². The quantitative estimate of drug-likeness (QED) is 0.150. The molecule has 0 aliphatic rings. The summed E-state index contributed by atoms with van der Waals surface area (Å²) in [5, 5.41) is 5.50. The van der Waals surface area contributed by atoms with Gasteiger partial charge in [0.25, 0.3) is 0 Å². The van der Waals surface area contributed by atoms with E-state index in [1.807, 2.05) is 43.3 Å². The molecule has 0 fully saturated rings. The van der Waals surface area contributed by atoms with Crippen LogP contribution in [-0.4, -0.2) is 18.7 Å². The van der Waals surface area contributed by atoms with Gasteiger partial charge in [-0.2, -0.15) is 5.10 Å². The Morgan fingerprint density at radius 2 is 1.83 bits per heavy atom. The van der Waals surface area contributed by atoms with Crippen LogP contribution in [0.2, 0.25) is 5.02 Å². The monoisotopic (exact) mass is 682 g/mol. The van der Waals surface area contributed by atoms with Crippen molar-refractivity contribution >= 4 is 82.5 Å². The maximum atomic E-state index is 12.5. The first-order valence-corrected chi connectivity index (χ1v) is 13.2. The van der Waals surface area contributed by atoms with Crippen LogP contribution in [-0.2, 0) is 6.61 Å². The van der Waals surface area contributed by atoms with Crippen LogP contribution in [0, 0.1) is 0 Å². The summed E-state index contributed by atoms with van der Waals surface area (Å²) in [5.41, 5.74) is 4.63. The van der Waals surface area contributed by atoms with Gasteiger partial charge in [0, 0.05) is 30.5 Å². The van der Waals surface area contributed by atoms with E-state index in [2.05, 4.69) is 58.3 Å². The fourth-order valence-electron chi connectivity index (χ4n) is 3.21. The lowest BCUT2D eigenvalue weighted by molar-refractivity contribution is 0.0929. The van der Waals surface area contributed by atoms with E-state index in [4.69, 9.17) is 25.5 Å². The molecule has 0 radical (unpaired) electrons. The van der Waals surface area contributed by atoms with E-state index in [0.29, 0.717) is 45.4 Å². The predicted molar refractivity (Wildman–Crippen MR) is 148 cm³/mol. The van der Waals surface area contributed by atoms with E-state index in [1.54, 1.807) is 18.2 Å². The Labute approximate surface area is 232 Å². The second-order valence-corrected chi connectivity index (χ2v) is 10.3.